The second kappa shape index (κ2) is 16.1. The Morgan fingerprint density at radius 1 is 1.19 bits per heavy atom. The number of ether oxygens (including phenoxy) is 2. The molecule has 2 N–H and O–H groups in total. The van der Waals surface area contributed by atoms with E-state index >= 15 is 0 Å². The normalized spacial score (nSPS) is 26.4. The number of amides is 3. The highest BCUT2D eigenvalue weighted by Gasteiger charge is 2.75. The fraction of sp³-hybridized carbons (Fsp3) is 0.622. The summed E-state index contributed by atoms with van der Waals surface area (Å²) in [5, 5.41) is 13.7. The molecular formula is C37H53N3O7. The van der Waals surface area contributed by atoms with E-state index in [1.807, 2.05) is 51.1 Å². The molecular weight excluding hydrogens is 598 g/mol. The number of esters is 1. The summed E-state index contributed by atoms with van der Waals surface area (Å²) in [5.41, 5.74) is -0.443. The van der Waals surface area contributed by atoms with E-state index in [1.165, 1.54) is 0 Å². The van der Waals surface area contributed by atoms with Crippen molar-refractivity contribution in [1.29, 1.82) is 0 Å². The Hall–Kier alpha value is -3.50. The minimum absolute atomic E-state index is 0.0756. The molecule has 0 aliphatic carbocycles. The minimum atomic E-state index is -1.20. The van der Waals surface area contributed by atoms with Crippen molar-refractivity contribution in [2.24, 2.45) is 17.8 Å². The smallest absolute Gasteiger partial charge is 0.306 e. The number of rotatable bonds is 18. The lowest BCUT2D eigenvalue weighted by Crippen LogP contribution is -2.60. The van der Waals surface area contributed by atoms with Gasteiger partial charge in [0.05, 0.1) is 36.6 Å². The lowest BCUT2D eigenvalue weighted by molar-refractivity contribution is -0.153. The van der Waals surface area contributed by atoms with E-state index < -0.39 is 47.6 Å². The first-order valence-corrected chi connectivity index (χ1v) is 17.2. The van der Waals surface area contributed by atoms with Gasteiger partial charge in [-0.05, 0) is 50.5 Å². The number of carbonyl (C=O) groups is 4. The third-order valence-corrected chi connectivity index (χ3v) is 9.95. The fourth-order valence-electron chi connectivity index (χ4n) is 7.88. The molecule has 10 heteroatoms. The van der Waals surface area contributed by atoms with E-state index in [0.717, 1.165) is 18.4 Å². The highest BCUT2D eigenvalue weighted by atomic mass is 16.5. The predicted octanol–water partition coefficient (Wildman–Crippen LogP) is 4.34. The van der Waals surface area contributed by atoms with Crippen LogP contribution in [0.5, 0.6) is 0 Å². The average Bonchev–Trinajstić information content (AvgIpc) is 3.70. The number of aliphatic hydroxyl groups excluding tert-OH is 1. The Morgan fingerprint density at radius 2 is 1.91 bits per heavy atom. The number of aliphatic hydroxyl groups is 1. The van der Waals surface area contributed by atoms with Gasteiger partial charge >= 0.3 is 5.97 Å². The number of nitrogens with one attached hydrogen (secondary N) is 1. The molecule has 0 radical (unpaired) electrons. The van der Waals surface area contributed by atoms with Crippen LogP contribution >= 0.6 is 0 Å². The summed E-state index contributed by atoms with van der Waals surface area (Å²) in [6.07, 6.45) is 6.58. The zero-order chi connectivity index (χ0) is 34.3. The zero-order valence-corrected chi connectivity index (χ0v) is 28.4. The van der Waals surface area contributed by atoms with Crippen molar-refractivity contribution in [2.45, 2.75) is 109 Å². The van der Waals surface area contributed by atoms with Crippen molar-refractivity contribution >= 4 is 23.7 Å². The van der Waals surface area contributed by atoms with Crippen LogP contribution in [0, 0.1) is 17.8 Å². The van der Waals surface area contributed by atoms with Gasteiger partial charge in [-0.1, -0.05) is 69.7 Å². The van der Waals surface area contributed by atoms with E-state index in [4.69, 9.17) is 9.47 Å². The summed E-state index contributed by atoms with van der Waals surface area (Å²) < 4.78 is 12.2. The summed E-state index contributed by atoms with van der Waals surface area (Å²) >= 11 is 0. The largest absolute Gasteiger partial charge is 0.463 e. The summed E-state index contributed by atoms with van der Waals surface area (Å²) in [6.45, 7) is 15.5. The maximum absolute atomic E-state index is 14.7. The SMILES string of the molecule is C=CCCC(=O)OC[C@@H](NC(=O)[C@@H]1[C@@H]2CC[C@]3(O2)[C@H](C(=O)N(CC=C)C(C)CCC)N([C@@H](CO)CC(C)C)C(=O)[C@@H]13)c1ccccc1. The number of allylic oxidation sites excluding steroid dienone is 1. The zero-order valence-electron chi connectivity index (χ0n) is 28.4. The quantitative estimate of drug-likeness (QED) is 0.179. The summed E-state index contributed by atoms with van der Waals surface area (Å²) in [7, 11) is 0. The van der Waals surface area contributed by atoms with E-state index in [-0.39, 0.29) is 49.3 Å². The first kappa shape index (κ1) is 36.3. The average molecular weight is 652 g/mol. The number of benzene rings is 1. The first-order chi connectivity index (χ1) is 22.5. The van der Waals surface area contributed by atoms with Crippen LogP contribution in [0.1, 0.15) is 84.2 Å². The van der Waals surface area contributed by atoms with E-state index in [1.54, 1.807) is 22.0 Å². The van der Waals surface area contributed by atoms with Crippen molar-refractivity contribution < 1.29 is 33.8 Å². The molecule has 3 aliphatic heterocycles. The number of likely N-dealkylation sites (tertiary alicyclic amines) is 1. The molecule has 1 unspecified atom stereocenters. The van der Waals surface area contributed by atoms with Gasteiger partial charge in [0.1, 0.15) is 18.2 Å². The van der Waals surface area contributed by atoms with Gasteiger partial charge in [0.2, 0.25) is 17.7 Å². The lowest BCUT2D eigenvalue weighted by atomic mass is 9.70. The van der Waals surface area contributed by atoms with Crippen molar-refractivity contribution in [2.75, 3.05) is 19.8 Å². The Bertz CT molecular complexity index is 1290. The van der Waals surface area contributed by atoms with Gasteiger partial charge in [-0.15, -0.1) is 13.2 Å². The Balaban J connectivity index is 1.69. The van der Waals surface area contributed by atoms with Gasteiger partial charge in [0, 0.05) is 19.0 Å². The lowest BCUT2D eigenvalue weighted by Gasteiger charge is -2.41. The first-order valence-electron chi connectivity index (χ1n) is 17.2. The molecule has 3 amide bonds. The van der Waals surface area contributed by atoms with E-state index in [0.29, 0.717) is 32.2 Å². The molecule has 1 aromatic carbocycles. The van der Waals surface area contributed by atoms with Crippen LogP contribution in [-0.4, -0.2) is 88.2 Å². The Morgan fingerprint density at radius 3 is 2.53 bits per heavy atom. The summed E-state index contributed by atoms with van der Waals surface area (Å²) in [5.74, 6) is -2.95. The second-order valence-electron chi connectivity index (χ2n) is 13.7. The molecule has 258 valence electrons. The standard InChI is InChI=1S/C37H53N3O7/c1-7-10-17-30(42)46-23-28(26-15-12-11-13-16-26)38-34(43)31-29-18-19-37(47-29)32(31)35(44)40(27(22-41)21-24(4)5)33(37)36(45)39(20-9-3)25(6)14-8-2/h7,9,11-13,15-16,24-25,27-29,31-33,41H,1,3,8,10,14,17-23H2,2,4-6H3,(H,38,43)/t25?,27-,28-,29+,31-,32-,33+,37-/m1/s1. The monoisotopic (exact) mass is 651 g/mol. The summed E-state index contributed by atoms with van der Waals surface area (Å²) in [4.78, 5) is 59.2. The van der Waals surface area contributed by atoms with Crippen LogP contribution in [0.4, 0.5) is 0 Å². The molecule has 1 spiro atoms. The van der Waals surface area contributed by atoms with Crippen LogP contribution in [0.15, 0.2) is 55.6 Å². The van der Waals surface area contributed by atoms with E-state index in [9.17, 15) is 24.3 Å². The molecule has 10 nitrogen and oxygen atoms in total. The molecule has 2 bridgehead atoms. The van der Waals surface area contributed by atoms with Gasteiger partial charge in [0.25, 0.3) is 0 Å². The highest BCUT2D eigenvalue weighted by molar-refractivity contribution is 5.99. The number of hydrogen-bond acceptors (Lipinski definition) is 7. The van der Waals surface area contributed by atoms with Crippen LogP contribution < -0.4 is 5.32 Å². The molecule has 3 heterocycles. The van der Waals surface area contributed by atoms with Crippen molar-refractivity contribution in [3.8, 4) is 0 Å². The van der Waals surface area contributed by atoms with Gasteiger partial charge in [-0.2, -0.15) is 0 Å². The van der Waals surface area contributed by atoms with Crippen LogP contribution in [0.2, 0.25) is 0 Å². The molecule has 1 aromatic rings. The van der Waals surface area contributed by atoms with Crippen LogP contribution in [0.3, 0.4) is 0 Å². The molecule has 3 aliphatic rings. The van der Waals surface area contributed by atoms with Crippen LogP contribution in [0.25, 0.3) is 0 Å². The fourth-order valence-corrected chi connectivity index (χ4v) is 7.88. The number of fused-ring (bicyclic) bond motifs is 1. The Labute approximate surface area is 279 Å². The van der Waals surface area contributed by atoms with Crippen molar-refractivity contribution in [3.05, 3.63) is 61.2 Å². The molecule has 3 saturated heterocycles. The van der Waals surface area contributed by atoms with Gasteiger partial charge in [-0.3, -0.25) is 19.2 Å². The molecule has 3 fully saturated rings. The predicted molar refractivity (Wildman–Crippen MR) is 179 cm³/mol. The molecule has 0 aromatic heterocycles. The Kier molecular flexibility index (Phi) is 12.4. The van der Waals surface area contributed by atoms with Crippen molar-refractivity contribution in [1.82, 2.24) is 15.1 Å². The van der Waals surface area contributed by atoms with Crippen LogP contribution in [-0.2, 0) is 28.7 Å². The third kappa shape index (κ3) is 7.49. The molecule has 4 rings (SSSR count). The van der Waals surface area contributed by atoms with Gasteiger partial charge < -0.3 is 29.7 Å². The van der Waals surface area contributed by atoms with Gasteiger partial charge in [0.15, 0.2) is 0 Å². The van der Waals surface area contributed by atoms with Gasteiger partial charge in [-0.25, -0.2) is 0 Å². The minimum Gasteiger partial charge on any atom is -0.463 e. The summed E-state index contributed by atoms with van der Waals surface area (Å²) in [6, 6.07) is 6.91. The van der Waals surface area contributed by atoms with Crippen molar-refractivity contribution in [3.63, 3.8) is 0 Å². The number of nitrogens with zero attached hydrogens (tertiary/aromatic N) is 2. The number of hydrogen-bond donors (Lipinski definition) is 2. The number of carbonyl (C=O) groups excluding carboxylic acids is 4. The molecule has 47 heavy (non-hydrogen) atoms. The maximum atomic E-state index is 14.7. The van der Waals surface area contributed by atoms with E-state index in [2.05, 4.69) is 25.4 Å². The molecule has 8 atom stereocenters. The highest BCUT2D eigenvalue weighted by Crippen LogP contribution is 2.59. The topological polar surface area (TPSA) is 125 Å². The second-order valence-corrected chi connectivity index (χ2v) is 13.7. The molecule has 0 saturated carbocycles. The maximum Gasteiger partial charge on any atom is 0.306 e. The third-order valence-electron chi connectivity index (χ3n) is 9.95.